The minimum absolute atomic E-state index is 0.260. The van der Waals surface area contributed by atoms with Crippen LogP contribution in [0.3, 0.4) is 0 Å². The quantitative estimate of drug-likeness (QED) is 0.708. The van der Waals surface area contributed by atoms with E-state index in [1.165, 1.54) is 6.08 Å². The summed E-state index contributed by atoms with van der Waals surface area (Å²) in [6, 6.07) is 7.34. The summed E-state index contributed by atoms with van der Waals surface area (Å²) in [5, 5.41) is 9.98. The summed E-state index contributed by atoms with van der Waals surface area (Å²) in [7, 11) is 0. The third-order valence-electron chi connectivity index (χ3n) is 3.37. The molecule has 3 aromatic rings. The highest BCUT2D eigenvalue weighted by molar-refractivity contribution is 6.02. The first-order valence-corrected chi connectivity index (χ1v) is 7.28. The molecule has 0 unspecified atom stereocenters. The fraction of sp³-hybridized carbons (Fsp3) is 0.118. The fourth-order valence-electron chi connectivity index (χ4n) is 2.27. The molecule has 6 heteroatoms. The third-order valence-corrected chi connectivity index (χ3v) is 3.37. The number of hydrogen-bond acceptors (Lipinski definition) is 4. The van der Waals surface area contributed by atoms with Crippen molar-refractivity contribution >= 4 is 17.8 Å². The average Bonchev–Trinajstić information content (AvgIpc) is 3.23. The number of aromatic nitrogens is 3. The maximum atomic E-state index is 12.0. The zero-order valence-electron chi connectivity index (χ0n) is 12.6. The highest BCUT2D eigenvalue weighted by Gasteiger charge is 2.14. The SMILES string of the molecule is CCc1c(NC(=O)C=Cc2ccco2)n[nH]c1-c1ccncc1. The van der Waals surface area contributed by atoms with Gasteiger partial charge in [-0.2, -0.15) is 5.10 Å². The van der Waals surface area contributed by atoms with Crippen LogP contribution in [0.25, 0.3) is 17.3 Å². The second kappa shape index (κ2) is 6.74. The van der Waals surface area contributed by atoms with E-state index in [0.717, 1.165) is 23.2 Å². The Morgan fingerprint density at radius 1 is 1.35 bits per heavy atom. The molecule has 3 rings (SSSR count). The van der Waals surface area contributed by atoms with Crippen molar-refractivity contribution in [3.05, 3.63) is 60.3 Å². The molecule has 0 aliphatic carbocycles. The third kappa shape index (κ3) is 3.37. The molecule has 3 heterocycles. The Hall–Kier alpha value is -3.15. The van der Waals surface area contributed by atoms with E-state index in [1.807, 2.05) is 19.1 Å². The topological polar surface area (TPSA) is 83.8 Å². The molecule has 0 saturated carbocycles. The van der Waals surface area contributed by atoms with Gasteiger partial charge in [0.05, 0.1) is 12.0 Å². The molecule has 3 aromatic heterocycles. The predicted molar refractivity (Wildman–Crippen MR) is 87.6 cm³/mol. The lowest BCUT2D eigenvalue weighted by Crippen LogP contribution is -2.09. The molecule has 1 amide bonds. The van der Waals surface area contributed by atoms with E-state index in [1.54, 1.807) is 36.9 Å². The molecule has 0 aliphatic rings. The number of anilines is 1. The highest BCUT2D eigenvalue weighted by Crippen LogP contribution is 2.26. The molecule has 0 bridgehead atoms. The fourth-order valence-corrected chi connectivity index (χ4v) is 2.27. The number of rotatable bonds is 5. The molecule has 0 aliphatic heterocycles. The van der Waals surface area contributed by atoms with Gasteiger partial charge in [0.2, 0.25) is 5.91 Å². The van der Waals surface area contributed by atoms with E-state index in [0.29, 0.717) is 11.6 Å². The van der Waals surface area contributed by atoms with Crippen molar-refractivity contribution in [1.29, 1.82) is 0 Å². The Morgan fingerprint density at radius 2 is 2.17 bits per heavy atom. The van der Waals surface area contributed by atoms with Crippen molar-refractivity contribution < 1.29 is 9.21 Å². The van der Waals surface area contributed by atoms with Gasteiger partial charge in [0.25, 0.3) is 0 Å². The van der Waals surface area contributed by atoms with Crippen LogP contribution in [-0.2, 0) is 11.2 Å². The van der Waals surface area contributed by atoms with Gasteiger partial charge >= 0.3 is 0 Å². The number of amides is 1. The number of hydrogen-bond donors (Lipinski definition) is 2. The van der Waals surface area contributed by atoms with Crippen molar-refractivity contribution in [2.75, 3.05) is 5.32 Å². The number of H-pyrrole nitrogens is 1. The second-order valence-corrected chi connectivity index (χ2v) is 4.85. The Morgan fingerprint density at radius 3 is 2.87 bits per heavy atom. The van der Waals surface area contributed by atoms with Crippen LogP contribution in [0.4, 0.5) is 5.82 Å². The number of nitrogens with zero attached hydrogens (tertiary/aromatic N) is 2. The van der Waals surface area contributed by atoms with E-state index in [4.69, 9.17) is 4.42 Å². The zero-order chi connectivity index (χ0) is 16.1. The van der Waals surface area contributed by atoms with Crippen LogP contribution in [0.1, 0.15) is 18.2 Å². The van der Waals surface area contributed by atoms with E-state index in [9.17, 15) is 4.79 Å². The van der Waals surface area contributed by atoms with Gasteiger partial charge in [-0.05, 0) is 36.8 Å². The first-order valence-electron chi connectivity index (χ1n) is 7.28. The lowest BCUT2D eigenvalue weighted by atomic mass is 10.1. The zero-order valence-corrected chi connectivity index (χ0v) is 12.6. The Balaban J connectivity index is 1.78. The second-order valence-electron chi connectivity index (χ2n) is 4.85. The van der Waals surface area contributed by atoms with Crippen molar-refractivity contribution in [3.63, 3.8) is 0 Å². The van der Waals surface area contributed by atoms with Crippen molar-refractivity contribution in [3.8, 4) is 11.3 Å². The first-order chi connectivity index (χ1) is 11.3. The van der Waals surface area contributed by atoms with Crippen molar-refractivity contribution in [1.82, 2.24) is 15.2 Å². The summed E-state index contributed by atoms with van der Waals surface area (Å²) in [5.41, 5.74) is 2.83. The lowest BCUT2D eigenvalue weighted by molar-refractivity contribution is -0.111. The van der Waals surface area contributed by atoms with E-state index in [-0.39, 0.29) is 5.91 Å². The van der Waals surface area contributed by atoms with Crippen LogP contribution in [0.15, 0.2) is 53.4 Å². The van der Waals surface area contributed by atoms with Crippen LogP contribution >= 0.6 is 0 Å². The number of carbonyl (C=O) groups excluding carboxylic acids is 1. The molecule has 2 N–H and O–H groups in total. The normalized spacial score (nSPS) is 11.0. The predicted octanol–water partition coefficient (Wildman–Crippen LogP) is 3.28. The maximum Gasteiger partial charge on any atom is 0.249 e. The molecule has 0 spiro atoms. The summed E-state index contributed by atoms with van der Waals surface area (Å²) >= 11 is 0. The van der Waals surface area contributed by atoms with Gasteiger partial charge in [-0.15, -0.1) is 0 Å². The Bertz CT molecular complexity index is 805. The molecule has 6 nitrogen and oxygen atoms in total. The van der Waals surface area contributed by atoms with Gasteiger partial charge in [0.1, 0.15) is 5.76 Å². The largest absolute Gasteiger partial charge is 0.465 e. The van der Waals surface area contributed by atoms with Gasteiger partial charge < -0.3 is 9.73 Å². The molecule has 0 atom stereocenters. The number of aromatic amines is 1. The molecule has 23 heavy (non-hydrogen) atoms. The lowest BCUT2D eigenvalue weighted by Gasteiger charge is -2.03. The number of furan rings is 1. The number of pyridine rings is 1. The van der Waals surface area contributed by atoms with Crippen LogP contribution in [-0.4, -0.2) is 21.1 Å². The van der Waals surface area contributed by atoms with Gasteiger partial charge in [0, 0.05) is 29.6 Å². The van der Waals surface area contributed by atoms with E-state index >= 15 is 0 Å². The number of carbonyl (C=O) groups is 1. The summed E-state index contributed by atoms with van der Waals surface area (Å²) in [5.74, 6) is 0.896. The summed E-state index contributed by atoms with van der Waals surface area (Å²) < 4.78 is 5.15. The molecule has 0 radical (unpaired) electrons. The van der Waals surface area contributed by atoms with Crippen LogP contribution in [0.2, 0.25) is 0 Å². The van der Waals surface area contributed by atoms with Gasteiger partial charge in [-0.25, -0.2) is 0 Å². The van der Waals surface area contributed by atoms with E-state index in [2.05, 4.69) is 20.5 Å². The summed E-state index contributed by atoms with van der Waals surface area (Å²) in [6.45, 7) is 2.02. The standard InChI is InChI=1S/C17H16N4O2/c1-2-14-16(12-7-9-18-10-8-12)20-21-17(14)19-15(22)6-5-13-4-3-11-23-13/h3-11H,2H2,1H3,(H2,19,20,21,22). The maximum absolute atomic E-state index is 12.0. The Kier molecular flexibility index (Phi) is 4.33. The minimum atomic E-state index is -0.260. The molecular formula is C17H16N4O2. The van der Waals surface area contributed by atoms with Crippen LogP contribution in [0.5, 0.6) is 0 Å². The van der Waals surface area contributed by atoms with Gasteiger partial charge in [-0.1, -0.05) is 6.92 Å². The van der Waals surface area contributed by atoms with Crippen molar-refractivity contribution in [2.45, 2.75) is 13.3 Å². The van der Waals surface area contributed by atoms with Crippen LogP contribution < -0.4 is 5.32 Å². The first kappa shape index (κ1) is 14.8. The summed E-state index contributed by atoms with van der Waals surface area (Å²) in [6.07, 6.45) is 8.77. The minimum Gasteiger partial charge on any atom is -0.465 e. The molecule has 0 saturated heterocycles. The van der Waals surface area contributed by atoms with Crippen molar-refractivity contribution in [2.24, 2.45) is 0 Å². The molecular weight excluding hydrogens is 292 g/mol. The number of nitrogens with one attached hydrogen (secondary N) is 2. The van der Waals surface area contributed by atoms with E-state index < -0.39 is 0 Å². The van der Waals surface area contributed by atoms with Crippen LogP contribution in [0, 0.1) is 0 Å². The van der Waals surface area contributed by atoms with Gasteiger partial charge in [-0.3, -0.25) is 14.9 Å². The molecule has 0 fully saturated rings. The molecule has 0 aromatic carbocycles. The summed E-state index contributed by atoms with van der Waals surface area (Å²) in [4.78, 5) is 16.0. The highest BCUT2D eigenvalue weighted by atomic mass is 16.3. The monoisotopic (exact) mass is 308 g/mol. The smallest absolute Gasteiger partial charge is 0.249 e. The van der Waals surface area contributed by atoms with Gasteiger partial charge in [0.15, 0.2) is 5.82 Å². The molecule has 116 valence electrons. The Labute approximate surface area is 133 Å². The average molecular weight is 308 g/mol.